The van der Waals surface area contributed by atoms with Gasteiger partial charge in [-0.25, -0.2) is 4.68 Å². The van der Waals surface area contributed by atoms with E-state index in [0.717, 1.165) is 6.54 Å². The van der Waals surface area contributed by atoms with Crippen LogP contribution in [0.25, 0.3) is 0 Å². The molecule has 2 rings (SSSR count). The largest absolute Gasteiger partial charge is 0.352 e. The zero-order valence-corrected chi connectivity index (χ0v) is 10.3. The van der Waals surface area contributed by atoms with Crippen LogP contribution >= 0.6 is 0 Å². The molecule has 0 aromatic carbocycles. The molecule has 0 radical (unpaired) electrons. The fourth-order valence-corrected chi connectivity index (χ4v) is 1.58. The fourth-order valence-electron chi connectivity index (χ4n) is 1.58. The minimum atomic E-state index is -0.00507. The van der Waals surface area contributed by atoms with Gasteiger partial charge in [0, 0.05) is 31.4 Å². The van der Waals surface area contributed by atoms with Gasteiger partial charge in [-0.2, -0.15) is 0 Å². The number of hydrogen-bond donors (Lipinski definition) is 1. The number of anilines is 1. The van der Waals surface area contributed by atoms with Crippen molar-refractivity contribution < 1.29 is 0 Å². The quantitative estimate of drug-likeness (QED) is 0.851. The molecule has 6 heteroatoms. The molecule has 0 aliphatic heterocycles. The second-order valence-electron chi connectivity index (χ2n) is 4.60. The van der Waals surface area contributed by atoms with E-state index in [1.54, 1.807) is 17.1 Å². The Morgan fingerprint density at radius 1 is 1.29 bits per heavy atom. The van der Waals surface area contributed by atoms with Gasteiger partial charge < -0.3 is 5.32 Å². The molecule has 17 heavy (non-hydrogen) atoms. The van der Waals surface area contributed by atoms with E-state index in [4.69, 9.17) is 0 Å². The molecule has 0 bridgehead atoms. The Hall–Kier alpha value is -1.98. The molecule has 0 aliphatic carbocycles. The monoisotopic (exact) mass is 232 g/mol. The lowest BCUT2D eigenvalue weighted by atomic mass is 9.85. The molecule has 0 unspecified atom stereocenters. The molecule has 0 aliphatic rings. The lowest BCUT2D eigenvalue weighted by Crippen LogP contribution is -2.28. The van der Waals surface area contributed by atoms with E-state index in [0.29, 0.717) is 5.95 Å². The number of rotatable bonds is 4. The highest BCUT2D eigenvalue weighted by Gasteiger charge is 2.20. The average Bonchev–Trinajstić information content (AvgIpc) is 2.74. The maximum atomic E-state index is 4.03. The third kappa shape index (κ3) is 2.58. The van der Waals surface area contributed by atoms with Gasteiger partial charge >= 0.3 is 0 Å². The van der Waals surface area contributed by atoms with Crippen LogP contribution in [0, 0.1) is 0 Å². The molecule has 0 fully saturated rings. The Bertz CT molecular complexity index is 476. The Kier molecular flexibility index (Phi) is 3.03. The summed E-state index contributed by atoms with van der Waals surface area (Å²) >= 11 is 0. The van der Waals surface area contributed by atoms with Crippen LogP contribution in [0.4, 0.5) is 5.95 Å². The number of tetrazole rings is 1. The molecule has 6 nitrogen and oxygen atoms in total. The maximum absolute atomic E-state index is 4.03. The molecule has 0 atom stereocenters. The standard InChI is InChI=1S/C11H16N6/c1-11(2,9-4-6-12-7-5-9)8-13-10-14-15-16-17(10)3/h4-7H,8H2,1-3H3,(H,13,14,16). The highest BCUT2D eigenvalue weighted by atomic mass is 15.6. The van der Waals surface area contributed by atoms with Gasteiger partial charge in [-0.3, -0.25) is 4.98 Å². The van der Waals surface area contributed by atoms with E-state index >= 15 is 0 Å². The van der Waals surface area contributed by atoms with Crippen LogP contribution in [0.2, 0.25) is 0 Å². The molecule has 2 aromatic heterocycles. The van der Waals surface area contributed by atoms with Crippen LogP contribution in [-0.2, 0) is 12.5 Å². The van der Waals surface area contributed by atoms with E-state index in [1.807, 2.05) is 19.2 Å². The summed E-state index contributed by atoms with van der Waals surface area (Å²) in [5.74, 6) is 0.673. The Morgan fingerprint density at radius 2 is 2.00 bits per heavy atom. The number of aryl methyl sites for hydroxylation is 1. The van der Waals surface area contributed by atoms with Crippen molar-refractivity contribution in [1.29, 1.82) is 0 Å². The van der Waals surface area contributed by atoms with Crippen molar-refractivity contribution >= 4 is 5.95 Å². The lowest BCUT2D eigenvalue weighted by molar-refractivity contribution is 0.551. The van der Waals surface area contributed by atoms with Gasteiger partial charge in [0.25, 0.3) is 0 Å². The number of hydrogen-bond acceptors (Lipinski definition) is 5. The van der Waals surface area contributed by atoms with Crippen molar-refractivity contribution in [1.82, 2.24) is 25.2 Å². The minimum Gasteiger partial charge on any atom is -0.352 e. The molecule has 0 saturated carbocycles. The minimum absolute atomic E-state index is 0.00507. The van der Waals surface area contributed by atoms with E-state index in [9.17, 15) is 0 Å². The van der Waals surface area contributed by atoms with Crippen LogP contribution in [0.1, 0.15) is 19.4 Å². The van der Waals surface area contributed by atoms with Crippen LogP contribution in [0.3, 0.4) is 0 Å². The van der Waals surface area contributed by atoms with Gasteiger partial charge in [0.1, 0.15) is 0 Å². The third-order valence-electron chi connectivity index (χ3n) is 2.77. The third-order valence-corrected chi connectivity index (χ3v) is 2.77. The van der Waals surface area contributed by atoms with Crippen molar-refractivity contribution in [2.45, 2.75) is 19.3 Å². The molecule has 0 spiro atoms. The van der Waals surface area contributed by atoms with Crippen LogP contribution < -0.4 is 5.32 Å². The van der Waals surface area contributed by atoms with Gasteiger partial charge in [0.2, 0.25) is 5.95 Å². The van der Waals surface area contributed by atoms with Gasteiger partial charge in [-0.15, -0.1) is 0 Å². The van der Waals surface area contributed by atoms with Crippen molar-refractivity contribution in [3.63, 3.8) is 0 Å². The first-order valence-electron chi connectivity index (χ1n) is 5.46. The summed E-state index contributed by atoms with van der Waals surface area (Å²) in [5.41, 5.74) is 1.23. The highest BCUT2D eigenvalue weighted by Crippen LogP contribution is 2.22. The SMILES string of the molecule is Cn1nnnc1NCC(C)(C)c1ccncc1. The second kappa shape index (κ2) is 4.48. The maximum Gasteiger partial charge on any atom is 0.242 e. The Labute approximate surface area is 100 Å². The van der Waals surface area contributed by atoms with Crippen molar-refractivity contribution in [3.05, 3.63) is 30.1 Å². The fraction of sp³-hybridized carbons (Fsp3) is 0.455. The first-order chi connectivity index (χ1) is 8.09. The van der Waals surface area contributed by atoms with Crippen LogP contribution in [-0.4, -0.2) is 31.7 Å². The topological polar surface area (TPSA) is 68.5 Å². The van der Waals surface area contributed by atoms with Gasteiger partial charge in [-0.05, 0) is 28.1 Å². The summed E-state index contributed by atoms with van der Waals surface area (Å²) in [6.07, 6.45) is 3.61. The first kappa shape index (κ1) is 11.5. The highest BCUT2D eigenvalue weighted by molar-refractivity contribution is 5.28. The number of nitrogens with one attached hydrogen (secondary N) is 1. The number of nitrogens with zero attached hydrogens (tertiary/aromatic N) is 5. The molecule has 2 aromatic rings. The van der Waals surface area contributed by atoms with Crippen molar-refractivity contribution in [3.8, 4) is 0 Å². The van der Waals surface area contributed by atoms with Crippen molar-refractivity contribution in [2.24, 2.45) is 7.05 Å². The van der Waals surface area contributed by atoms with Gasteiger partial charge in [-0.1, -0.05) is 18.9 Å². The van der Waals surface area contributed by atoms with Gasteiger partial charge in [0.05, 0.1) is 0 Å². The summed E-state index contributed by atoms with van der Waals surface area (Å²) < 4.78 is 1.61. The van der Waals surface area contributed by atoms with Crippen LogP contribution in [0.5, 0.6) is 0 Å². The smallest absolute Gasteiger partial charge is 0.242 e. The zero-order valence-electron chi connectivity index (χ0n) is 10.3. The predicted molar refractivity (Wildman–Crippen MR) is 64.6 cm³/mol. The molecule has 0 amide bonds. The number of pyridine rings is 1. The summed E-state index contributed by atoms with van der Waals surface area (Å²) in [4.78, 5) is 4.03. The molecule has 2 heterocycles. The van der Waals surface area contributed by atoms with E-state index < -0.39 is 0 Å². The average molecular weight is 232 g/mol. The summed E-state index contributed by atoms with van der Waals surface area (Å²) in [6, 6.07) is 4.05. The lowest BCUT2D eigenvalue weighted by Gasteiger charge is -2.25. The Balaban J connectivity index is 2.06. The van der Waals surface area contributed by atoms with Crippen molar-refractivity contribution in [2.75, 3.05) is 11.9 Å². The molecular formula is C11H16N6. The number of aromatic nitrogens is 5. The van der Waals surface area contributed by atoms with E-state index in [-0.39, 0.29) is 5.41 Å². The summed E-state index contributed by atoms with van der Waals surface area (Å²) in [6.45, 7) is 5.09. The Morgan fingerprint density at radius 3 is 2.59 bits per heavy atom. The van der Waals surface area contributed by atoms with E-state index in [1.165, 1.54) is 5.56 Å². The molecule has 0 saturated heterocycles. The second-order valence-corrected chi connectivity index (χ2v) is 4.60. The first-order valence-corrected chi connectivity index (χ1v) is 5.46. The van der Waals surface area contributed by atoms with Gasteiger partial charge in [0.15, 0.2) is 0 Å². The van der Waals surface area contributed by atoms with E-state index in [2.05, 4.69) is 39.7 Å². The summed E-state index contributed by atoms with van der Waals surface area (Å²) in [7, 11) is 1.81. The molecular weight excluding hydrogens is 216 g/mol. The summed E-state index contributed by atoms with van der Waals surface area (Å²) in [5, 5.41) is 14.5. The van der Waals surface area contributed by atoms with Crippen LogP contribution in [0.15, 0.2) is 24.5 Å². The molecule has 1 N–H and O–H groups in total. The normalized spacial score (nSPS) is 11.5. The predicted octanol–water partition coefficient (Wildman–Crippen LogP) is 0.995. The molecule has 90 valence electrons. The zero-order chi connectivity index (χ0) is 12.3.